The fourth-order valence-corrected chi connectivity index (χ4v) is 3.11. The first-order valence-corrected chi connectivity index (χ1v) is 7.34. The molecule has 0 radical (unpaired) electrons. The molecule has 1 aliphatic heterocycles. The van der Waals surface area contributed by atoms with Crippen molar-refractivity contribution in [3.8, 4) is 11.5 Å². The summed E-state index contributed by atoms with van der Waals surface area (Å²) in [6.45, 7) is 4.05. The number of hydrogen-bond donors (Lipinski definition) is 1. The molecule has 1 aliphatic carbocycles. The van der Waals surface area contributed by atoms with Gasteiger partial charge in [0.2, 0.25) is 0 Å². The van der Waals surface area contributed by atoms with Gasteiger partial charge in [0.25, 0.3) is 0 Å². The zero-order valence-electron chi connectivity index (χ0n) is 12.6. The van der Waals surface area contributed by atoms with E-state index in [4.69, 9.17) is 15.2 Å². The standard InChI is InChI=1S/C16H24N2O2/c1-11(17)16(6-7-16)12-4-5-14(15(8-12)19-3)20-13-9-18(2)10-13/h4-5,8,11,13H,6-7,9-10,17H2,1-3H3. The SMILES string of the molecule is COc1cc(C2(C(C)N)CC2)ccc1OC1CN(C)C1. The zero-order valence-corrected chi connectivity index (χ0v) is 12.6. The molecule has 1 aromatic carbocycles. The number of rotatable bonds is 5. The van der Waals surface area contributed by atoms with Crippen LogP contribution in [0.4, 0.5) is 0 Å². The van der Waals surface area contributed by atoms with Crippen LogP contribution in [0.3, 0.4) is 0 Å². The third-order valence-electron chi connectivity index (χ3n) is 4.72. The molecule has 0 aromatic heterocycles. The van der Waals surface area contributed by atoms with Gasteiger partial charge in [0.15, 0.2) is 11.5 Å². The Kier molecular flexibility index (Phi) is 3.38. The van der Waals surface area contributed by atoms with E-state index in [1.807, 2.05) is 6.07 Å². The number of nitrogens with zero attached hydrogens (tertiary/aromatic N) is 1. The molecule has 20 heavy (non-hydrogen) atoms. The van der Waals surface area contributed by atoms with Crippen molar-refractivity contribution in [2.45, 2.75) is 37.3 Å². The molecule has 2 aliphatic rings. The minimum absolute atomic E-state index is 0.155. The molecule has 1 heterocycles. The van der Waals surface area contributed by atoms with Crippen molar-refractivity contribution in [3.05, 3.63) is 23.8 Å². The molecule has 2 fully saturated rings. The van der Waals surface area contributed by atoms with Crippen LogP contribution in [0.15, 0.2) is 18.2 Å². The fraction of sp³-hybridized carbons (Fsp3) is 0.625. The number of nitrogens with two attached hydrogens (primary N) is 1. The van der Waals surface area contributed by atoms with Gasteiger partial charge < -0.3 is 15.2 Å². The number of ether oxygens (including phenoxy) is 2. The van der Waals surface area contributed by atoms with E-state index in [0.717, 1.165) is 24.6 Å². The summed E-state index contributed by atoms with van der Waals surface area (Å²) in [5, 5.41) is 0. The Morgan fingerprint density at radius 1 is 1.30 bits per heavy atom. The minimum atomic E-state index is 0.155. The highest BCUT2D eigenvalue weighted by atomic mass is 16.5. The van der Waals surface area contributed by atoms with Crippen molar-refractivity contribution in [3.63, 3.8) is 0 Å². The largest absolute Gasteiger partial charge is 0.493 e. The number of methoxy groups -OCH3 is 1. The second kappa shape index (κ2) is 4.93. The first-order valence-electron chi connectivity index (χ1n) is 7.34. The van der Waals surface area contributed by atoms with Gasteiger partial charge in [0.1, 0.15) is 6.10 Å². The topological polar surface area (TPSA) is 47.7 Å². The van der Waals surface area contributed by atoms with Gasteiger partial charge in [-0.05, 0) is 44.5 Å². The Balaban J connectivity index is 1.79. The summed E-state index contributed by atoms with van der Waals surface area (Å²) in [6.07, 6.45) is 2.62. The highest BCUT2D eigenvalue weighted by Crippen LogP contribution is 2.51. The van der Waals surface area contributed by atoms with Crippen LogP contribution in [0.5, 0.6) is 11.5 Å². The summed E-state index contributed by atoms with van der Waals surface area (Å²) in [5.74, 6) is 1.67. The van der Waals surface area contributed by atoms with E-state index in [9.17, 15) is 0 Å². The van der Waals surface area contributed by atoms with E-state index in [0.29, 0.717) is 0 Å². The van der Waals surface area contributed by atoms with Crippen LogP contribution >= 0.6 is 0 Å². The average molecular weight is 276 g/mol. The lowest BCUT2D eigenvalue weighted by Crippen LogP contribution is -2.51. The summed E-state index contributed by atoms with van der Waals surface area (Å²) in [6, 6.07) is 6.47. The molecule has 4 nitrogen and oxygen atoms in total. The Morgan fingerprint density at radius 2 is 2.00 bits per heavy atom. The Hall–Kier alpha value is -1.26. The van der Waals surface area contributed by atoms with Crippen LogP contribution in [-0.4, -0.2) is 44.3 Å². The van der Waals surface area contributed by atoms with Crippen LogP contribution < -0.4 is 15.2 Å². The molecular formula is C16H24N2O2. The fourth-order valence-electron chi connectivity index (χ4n) is 3.11. The summed E-state index contributed by atoms with van der Waals surface area (Å²) in [7, 11) is 3.80. The van der Waals surface area contributed by atoms with Crippen molar-refractivity contribution >= 4 is 0 Å². The molecule has 2 N–H and O–H groups in total. The monoisotopic (exact) mass is 276 g/mol. The summed E-state index contributed by atoms with van der Waals surface area (Å²) in [4.78, 5) is 2.24. The Labute approximate surface area is 120 Å². The second-order valence-electron chi connectivity index (χ2n) is 6.27. The van der Waals surface area contributed by atoms with E-state index in [2.05, 4.69) is 31.0 Å². The maximum Gasteiger partial charge on any atom is 0.161 e. The lowest BCUT2D eigenvalue weighted by Gasteiger charge is -2.36. The lowest BCUT2D eigenvalue weighted by atomic mass is 9.89. The van der Waals surface area contributed by atoms with Gasteiger partial charge >= 0.3 is 0 Å². The molecule has 0 amide bonds. The van der Waals surface area contributed by atoms with Crippen LogP contribution in [0, 0.1) is 0 Å². The van der Waals surface area contributed by atoms with Crippen LogP contribution in [0.25, 0.3) is 0 Å². The maximum absolute atomic E-state index is 6.14. The predicted octanol–water partition coefficient (Wildman–Crippen LogP) is 1.77. The maximum atomic E-state index is 6.14. The molecule has 1 saturated heterocycles. The van der Waals surface area contributed by atoms with Crippen molar-refractivity contribution in [2.24, 2.45) is 5.73 Å². The zero-order chi connectivity index (χ0) is 14.3. The molecule has 1 aromatic rings. The van der Waals surface area contributed by atoms with Gasteiger partial charge in [-0.25, -0.2) is 0 Å². The van der Waals surface area contributed by atoms with Gasteiger partial charge in [-0.3, -0.25) is 4.90 Å². The van der Waals surface area contributed by atoms with Crippen molar-refractivity contribution < 1.29 is 9.47 Å². The third kappa shape index (κ3) is 2.27. The molecule has 0 spiro atoms. The number of hydrogen-bond acceptors (Lipinski definition) is 4. The van der Waals surface area contributed by atoms with E-state index in [1.54, 1.807) is 7.11 Å². The lowest BCUT2D eigenvalue weighted by molar-refractivity contribution is 0.0369. The molecule has 1 unspecified atom stereocenters. The molecular weight excluding hydrogens is 252 g/mol. The molecule has 1 atom stereocenters. The van der Waals surface area contributed by atoms with E-state index in [1.165, 1.54) is 18.4 Å². The molecule has 4 heteroatoms. The van der Waals surface area contributed by atoms with E-state index >= 15 is 0 Å². The Morgan fingerprint density at radius 3 is 2.50 bits per heavy atom. The van der Waals surface area contributed by atoms with Crippen molar-refractivity contribution in [1.29, 1.82) is 0 Å². The van der Waals surface area contributed by atoms with Gasteiger partial charge in [-0.1, -0.05) is 6.07 Å². The predicted molar refractivity (Wildman–Crippen MR) is 79.5 cm³/mol. The van der Waals surface area contributed by atoms with Crippen LogP contribution in [-0.2, 0) is 5.41 Å². The third-order valence-corrected chi connectivity index (χ3v) is 4.72. The van der Waals surface area contributed by atoms with Crippen LogP contribution in [0.2, 0.25) is 0 Å². The highest BCUT2D eigenvalue weighted by molar-refractivity contribution is 5.47. The summed E-state index contributed by atoms with van der Waals surface area (Å²) < 4.78 is 11.5. The molecule has 110 valence electrons. The van der Waals surface area contributed by atoms with Crippen LogP contribution in [0.1, 0.15) is 25.3 Å². The van der Waals surface area contributed by atoms with Gasteiger partial charge in [0.05, 0.1) is 7.11 Å². The second-order valence-corrected chi connectivity index (χ2v) is 6.27. The van der Waals surface area contributed by atoms with E-state index < -0.39 is 0 Å². The summed E-state index contributed by atoms with van der Waals surface area (Å²) in [5.41, 5.74) is 7.58. The number of benzene rings is 1. The van der Waals surface area contributed by atoms with E-state index in [-0.39, 0.29) is 17.6 Å². The molecule has 1 saturated carbocycles. The average Bonchev–Trinajstić information content (AvgIpc) is 3.18. The highest BCUT2D eigenvalue weighted by Gasteiger charge is 2.47. The van der Waals surface area contributed by atoms with Crippen molar-refractivity contribution in [2.75, 3.05) is 27.2 Å². The molecule has 0 bridgehead atoms. The minimum Gasteiger partial charge on any atom is -0.493 e. The number of likely N-dealkylation sites (tertiary alicyclic amines) is 1. The first-order chi connectivity index (χ1) is 9.55. The first kappa shape index (κ1) is 13.7. The van der Waals surface area contributed by atoms with Gasteiger partial charge in [-0.15, -0.1) is 0 Å². The Bertz CT molecular complexity index is 491. The quantitative estimate of drug-likeness (QED) is 0.890. The van der Waals surface area contributed by atoms with Crippen molar-refractivity contribution in [1.82, 2.24) is 4.90 Å². The normalized spacial score (nSPS) is 23.0. The smallest absolute Gasteiger partial charge is 0.161 e. The van der Waals surface area contributed by atoms with Gasteiger partial charge in [-0.2, -0.15) is 0 Å². The summed E-state index contributed by atoms with van der Waals surface area (Å²) >= 11 is 0. The van der Waals surface area contributed by atoms with Gasteiger partial charge in [0, 0.05) is 24.5 Å². The number of likely N-dealkylation sites (N-methyl/N-ethyl adjacent to an activating group) is 1. The molecule has 3 rings (SSSR count).